The van der Waals surface area contributed by atoms with Gasteiger partial charge < -0.3 is 5.73 Å². The van der Waals surface area contributed by atoms with E-state index in [4.69, 9.17) is 5.73 Å². The molecule has 0 bridgehead atoms. The minimum absolute atomic E-state index is 0.0688. The number of rotatable bonds is 3. The molecular formula is C17H16N4. The zero-order valence-electron chi connectivity index (χ0n) is 11.6. The topological polar surface area (TPSA) is 56.7 Å². The fourth-order valence-corrected chi connectivity index (χ4v) is 3.03. The number of nitrogens with two attached hydrogens (primary N) is 1. The highest BCUT2D eigenvalue weighted by atomic mass is 15.3. The van der Waals surface area contributed by atoms with Crippen molar-refractivity contribution in [1.29, 1.82) is 0 Å². The minimum atomic E-state index is -0.0688. The zero-order valence-corrected chi connectivity index (χ0v) is 11.6. The minimum Gasteiger partial charge on any atom is -0.322 e. The van der Waals surface area contributed by atoms with Crippen LogP contribution in [0.1, 0.15) is 22.7 Å². The molecule has 4 nitrogen and oxygen atoms in total. The average molecular weight is 276 g/mol. The van der Waals surface area contributed by atoms with Gasteiger partial charge in [-0.25, -0.2) is 4.98 Å². The summed E-state index contributed by atoms with van der Waals surface area (Å²) in [5, 5.41) is 4.11. The molecule has 0 aliphatic heterocycles. The summed E-state index contributed by atoms with van der Waals surface area (Å²) < 4.78 is 1.77. The van der Waals surface area contributed by atoms with Gasteiger partial charge in [-0.2, -0.15) is 5.10 Å². The first-order valence-electron chi connectivity index (χ1n) is 7.10. The van der Waals surface area contributed by atoms with Gasteiger partial charge in [-0.3, -0.25) is 4.68 Å². The highest BCUT2D eigenvalue weighted by Gasteiger charge is 2.19. The number of benzene rings is 2. The summed E-state index contributed by atoms with van der Waals surface area (Å²) in [6.07, 6.45) is 4.23. The van der Waals surface area contributed by atoms with Crippen molar-refractivity contribution in [3.8, 4) is 11.1 Å². The van der Waals surface area contributed by atoms with Crippen molar-refractivity contribution in [2.24, 2.45) is 5.73 Å². The van der Waals surface area contributed by atoms with Gasteiger partial charge in [0.1, 0.15) is 12.7 Å². The van der Waals surface area contributed by atoms with E-state index in [9.17, 15) is 0 Å². The zero-order chi connectivity index (χ0) is 14.2. The van der Waals surface area contributed by atoms with E-state index in [0.29, 0.717) is 6.54 Å². The lowest BCUT2D eigenvalue weighted by Gasteiger charge is -2.13. The van der Waals surface area contributed by atoms with Crippen LogP contribution in [0.25, 0.3) is 11.1 Å². The maximum atomic E-state index is 6.30. The van der Waals surface area contributed by atoms with Crippen molar-refractivity contribution in [2.45, 2.75) is 19.0 Å². The first-order valence-corrected chi connectivity index (χ1v) is 7.10. The predicted octanol–water partition coefficient (Wildman–Crippen LogP) is 2.55. The van der Waals surface area contributed by atoms with Crippen LogP contribution < -0.4 is 5.73 Å². The molecule has 0 radical (unpaired) electrons. The van der Waals surface area contributed by atoms with Crippen LogP contribution >= 0.6 is 0 Å². The Morgan fingerprint density at radius 3 is 2.81 bits per heavy atom. The van der Waals surface area contributed by atoms with E-state index in [-0.39, 0.29) is 6.04 Å². The quantitative estimate of drug-likeness (QED) is 0.625. The van der Waals surface area contributed by atoms with Crippen LogP contribution in [0, 0.1) is 0 Å². The van der Waals surface area contributed by atoms with Gasteiger partial charge in [-0.1, -0.05) is 42.5 Å². The molecule has 0 amide bonds. The van der Waals surface area contributed by atoms with Crippen molar-refractivity contribution >= 4 is 0 Å². The number of nitrogens with zero attached hydrogens (tertiary/aromatic N) is 3. The molecule has 0 saturated heterocycles. The molecule has 0 fully saturated rings. The maximum absolute atomic E-state index is 6.30. The van der Waals surface area contributed by atoms with E-state index in [1.807, 2.05) is 0 Å². The third-order valence-corrected chi connectivity index (χ3v) is 4.10. The summed E-state index contributed by atoms with van der Waals surface area (Å²) in [7, 11) is 0. The number of hydrogen-bond acceptors (Lipinski definition) is 3. The molecule has 1 aromatic heterocycles. The summed E-state index contributed by atoms with van der Waals surface area (Å²) in [5.41, 5.74) is 12.9. The van der Waals surface area contributed by atoms with Gasteiger partial charge in [0.05, 0.1) is 6.54 Å². The number of hydrogen-bond donors (Lipinski definition) is 1. The maximum Gasteiger partial charge on any atom is 0.137 e. The second-order valence-corrected chi connectivity index (χ2v) is 5.47. The van der Waals surface area contributed by atoms with Crippen LogP contribution in [-0.4, -0.2) is 14.8 Å². The van der Waals surface area contributed by atoms with Crippen LogP contribution in [0.3, 0.4) is 0 Å². The van der Waals surface area contributed by atoms with E-state index in [1.165, 1.54) is 28.6 Å². The highest BCUT2D eigenvalue weighted by molar-refractivity contribution is 5.76. The molecule has 1 heterocycles. The molecule has 1 unspecified atom stereocenters. The van der Waals surface area contributed by atoms with Crippen LogP contribution in [0.15, 0.2) is 55.1 Å². The molecule has 104 valence electrons. The smallest absolute Gasteiger partial charge is 0.137 e. The van der Waals surface area contributed by atoms with E-state index >= 15 is 0 Å². The summed E-state index contributed by atoms with van der Waals surface area (Å²) in [4.78, 5) is 3.95. The van der Waals surface area contributed by atoms with E-state index in [2.05, 4.69) is 52.5 Å². The molecule has 1 aliphatic rings. The molecule has 0 spiro atoms. The first-order chi connectivity index (χ1) is 10.3. The van der Waals surface area contributed by atoms with E-state index in [1.54, 1.807) is 11.0 Å². The van der Waals surface area contributed by atoms with Gasteiger partial charge in [0.15, 0.2) is 0 Å². The molecular weight excluding hydrogens is 260 g/mol. The van der Waals surface area contributed by atoms with Crippen LogP contribution in [0.5, 0.6) is 0 Å². The lowest BCUT2D eigenvalue weighted by Crippen LogP contribution is -2.18. The van der Waals surface area contributed by atoms with Gasteiger partial charge in [-0.05, 0) is 34.2 Å². The Kier molecular flexibility index (Phi) is 2.82. The van der Waals surface area contributed by atoms with Crippen molar-refractivity contribution < 1.29 is 0 Å². The van der Waals surface area contributed by atoms with E-state index < -0.39 is 0 Å². The third-order valence-electron chi connectivity index (χ3n) is 4.10. The molecule has 1 atom stereocenters. The largest absolute Gasteiger partial charge is 0.322 e. The lowest BCUT2D eigenvalue weighted by atomic mass is 10.00. The highest BCUT2D eigenvalue weighted by Crippen LogP contribution is 2.37. The normalized spacial score (nSPS) is 13.8. The summed E-state index contributed by atoms with van der Waals surface area (Å²) in [5.74, 6) is 0. The molecule has 2 N–H and O–H groups in total. The number of aromatic nitrogens is 3. The lowest BCUT2D eigenvalue weighted by molar-refractivity contribution is 0.526. The molecule has 3 aromatic rings. The summed E-state index contributed by atoms with van der Waals surface area (Å²) in [6, 6.07) is 15.1. The Labute approximate surface area is 123 Å². The van der Waals surface area contributed by atoms with Crippen molar-refractivity contribution in [1.82, 2.24) is 14.8 Å². The summed E-state index contributed by atoms with van der Waals surface area (Å²) >= 11 is 0. The van der Waals surface area contributed by atoms with Crippen LogP contribution in [-0.2, 0) is 13.0 Å². The molecule has 0 saturated carbocycles. The Morgan fingerprint density at radius 2 is 1.95 bits per heavy atom. The molecule has 2 aromatic carbocycles. The van der Waals surface area contributed by atoms with Crippen molar-refractivity contribution in [2.75, 3.05) is 0 Å². The molecule has 21 heavy (non-hydrogen) atoms. The molecule has 4 rings (SSSR count). The monoisotopic (exact) mass is 276 g/mol. The SMILES string of the molecule is NC(Cn1cncn1)c1ccc2c(c1)Cc1ccccc1-2. The number of fused-ring (bicyclic) bond motifs is 3. The molecule has 4 heteroatoms. The predicted molar refractivity (Wildman–Crippen MR) is 81.6 cm³/mol. The second-order valence-electron chi connectivity index (χ2n) is 5.47. The Hall–Kier alpha value is -2.46. The van der Waals surface area contributed by atoms with E-state index in [0.717, 1.165) is 12.0 Å². The Morgan fingerprint density at radius 1 is 1.10 bits per heavy atom. The van der Waals surface area contributed by atoms with Gasteiger partial charge in [0.2, 0.25) is 0 Å². The average Bonchev–Trinajstić information content (AvgIpc) is 3.13. The van der Waals surface area contributed by atoms with Gasteiger partial charge in [-0.15, -0.1) is 0 Å². The molecule has 1 aliphatic carbocycles. The van der Waals surface area contributed by atoms with Gasteiger partial charge >= 0.3 is 0 Å². The van der Waals surface area contributed by atoms with Gasteiger partial charge in [0.25, 0.3) is 0 Å². The standard InChI is InChI=1S/C17H16N4/c18-17(9-21-11-19-10-20-21)13-5-6-16-14(8-13)7-12-3-1-2-4-15(12)16/h1-6,8,10-11,17H,7,9,18H2. The summed E-state index contributed by atoms with van der Waals surface area (Å²) in [6.45, 7) is 0.645. The van der Waals surface area contributed by atoms with Crippen LogP contribution in [0.2, 0.25) is 0 Å². The fourth-order valence-electron chi connectivity index (χ4n) is 3.03. The van der Waals surface area contributed by atoms with Crippen LogP contribution in [0.4, 0.5) is 0 Å². The van der Waals surface area contributed by atoms with Crippen molar-refractivity contribution in [3.05, 3.63) is 71.8 Å². The van der Waals surface area contributed by atoms with Gasteiger partial charge in [0, 0.05) is 6.04 Å². The first kappa shape index (κ1) is 12.3. The second kappa shape index (κ2) is 4.82. The third kappa shape index (κ3) is 2.14. The Balaban J connectivity index is 1.64. The van der Waals surface area contributed by atoms with Crippen molar-refractivity contribution in [3.63, 3.8) is 0 Å². The Bertz CT molecular complexity index is 777. The fraction of sp³-hybridized carbons (Fsp3) is 0.176.